The van der Waals surface area contributed by atoms with Crippen LogP contribution in [0.15, 0.2) is 41.2 Å². The molecule has 0 saturated heterocycles. The Morgan fingerprint density at radius 2 is 2.25 bits per heavy atom. The van der Waals surface area contributed by atoms with E-state index in [2.05, 4.69) is 4.98 Å². The molecule has 0 aliphatic carbocycles. The molecule has 0 bridgehead atoms. The molecule has 1 aromatic heterocycles. The van der Waals surface area contributed by atoms with Gasteiger partial charge in [0.15, 0.2) is 0 Å². The van der Waals surface area contributed by atoms with Crippen molar-refractivity contribution in [2.24, 2.45) is 5.73 Å². The number of hydrogen-bond donors (Lipinski definition) is 1. The first-order valence-corrected chi connectivity index (χ1v) is 6.71. The van der Waals surface area contributed by atoms with Crippen LogP contribution in [0.2, 0.25) is 0 Å². The van der Waals surface area contributed by atoms with Gasteiger partial charge < -0.3 is 10.5 Å². The van der Waals surface area contributed by atoms with Gasteiger partial charge in [-0.15, -0.1) is 11.3 Å². The van der Waals surface area contributed by atoms with E-state index in [4.69, 9.17) is 10.5 Å². The Kier molecular flexibility index (Phi) is 4.62. The second-order valence-electron chi connectivity index (χ2n) is 3.92. The summed E-state index contributed by atoms with van der Waals surface area (Å²) in [6, 6.07) is 6.65. The fourth-order valence-electron chi connectivity index (χ4n) is 1.47. The summed E-state index contributed by atoms with van der Waals surface area (Å²) < 4.78 is 5.06. The summed E-state index contributed by atoms with van der Waals surface area (Å²) in [6.07, 6.45) is 2.89. The number of carbonyl (C=O) groups excluding carboxylic acids is 2. The van der Waals surface area contributed by atoms with E-state index < -0.39 is 11.9 Å². The molecule has 2 N–H and O–H groups in total. The smallest absolute Gasteiger partial charge is 0.331 e. The Balaban J connectivity index is 1.90. The number of aromatic nitrogens is 1. The molecule has 0 atom stereocenters. The van der Waals surface area contributed by atoms with Crippen LogP contribution < -0.4 is 5.73 Å². The number of nitrogens with zero attached hydrogens (tertiary/aromatic N) is 1. The number of hydrogen-bond acceptors (Lipinski definition) is 5. The molecule has 5 nitrogen and oxygen atoms in total. The van der Waals surface area contributed by atoms with Crippen molar-refractivity contribution in [2.75, 3.05) is 0 Å². The Bertz CT molecular complexity index is 636. The molecule has 0 saturated carbocycles. The van der Waals surface area contributed by atoms with Crippen LogP contribution in [0.3, 0.4) is 0 Å². The molecule has 1 heterocycles. The third kappa shape index (κ3) is 4.03. The van der Waals surface area contributed by atoms with Crippen molar-refractivity contribution < 1.29 is 14.3 Å². The zero-order valence-corrected chi connectivity index (χ0v) is 11.3. The topological polar surface area (TPSA) is 82.3 Å². The Morgan fingerprint density at radius 3 is 2.95 bits per heavy atom. The van der Waals surface area contributed by atoms with Gasteiger partial charge in [0.05, 0.1) is 11.2 Å². The largest absolute Gasteiger partial charge is 0.458 e. The van der Waals surface area contributed by atoms with Gasteiger partial charge in [-0.2, -0.15) is 0 Å². The molecule has 0 radical (unpaired) electrons. The molecule has 0 spiro atoms. The first-order chi connectivity index (χ1) is 9.65. The van der Waals surface area contributed by atoms with Crippen LogP contribution in [0.5, 0.6) is 0 Å². The van der Waals surface area contributed by atoms with Gasteiger partial charge >= 0.3 is 5.97 Å². The lowest BCUT2D eigenvalue weighted by Gasteiger charge is -2.03. The Hall–Kier alpha value is -2.47. The predicted molar refractivity (Wildman–Crippen MR) is 75.9 cm³/mol. The first kappa shape index (κ1) is 14.0. The van der Waals surface area contributed by atoms with Gasteiger partial charge in [0.25, 0.3) is 0 Å². The van der Waals surface area contributed by atoms with Gasteiger partial charge in [-0.25, -0.2) is 9.78 Å². The Morgan fingerprint density at radius 1 is 1.40 bits per heavy atom. The first-order valence-electron chi connectivity index (χ1n) is 5.77. The number of benzene rings is 1. The summed E-state index contributed by atoms with van der Waals surface area (Å²) in [4.78, 5) is 26.5. The highest BCUT2D eigenvalue weighted by molar-refractivity contribution is 7.07. The zero-order chi connectivity index (χ0) is 14.4. The average Bonchev–Trinajstić information content (AvgIpc) is 2.96. The third-order valence-corrected chi connectivity index (χ3v) is 3.04. The maximum absolute atomic E-state index is 11.5. The summed E-state index contributed by atoms with van der Waals surface area (Å²) in [7, 11) is 0. The second kappa shape index (κ2) is 6.63. The van der Waals surface area contributed by atoms with E-state index in [1.807, 2.05) is 5.38 Å². The van der Waals surface area contributed by atoms with E-state index in [-0.39, 0.29) is 6.61 Å². The minimum Gasteiger partial charge on any atom is -0.458 e. The zero-order valence-electron chi connectivity index (χ0n) is 10.5. The third-order valence-electron chi connectivity index (χ3n) is 2.43. The van der Waals surface area contributed by atoms with Crippen molar-refractivity contribution in [1.82, 2.24) is 4.98 Å². The van der Waals surface area contributed by atoms with Crippen LogP contribution in [0.25, 0.3) is 6.08 Å². The summed E-state index contributed by atoms with van der Waals surface area (Å²) >= 11 is 1.45. The molecule has 20 heavy (non-hydrogen) atoms. The van der Waals surface area contributed by atoms with Gasteiger partial charge in [0.2, 0.25) is 5.91 Å². The number of carbonyl (C=O) groups is 2. The standard InChI is InChI=1S/C14H12N2O3S/c15-14(18)11-3-1-2-10(6-11)7-19-13(17)5-4-12-8-20-9-16-12/h1-6,8-9H,7H2,(H2,15,18)/b5-4+. The highest BCUT2D eigenvalue weighted by Gasteiger charge is 2.03. The minimum absolute atomic E-state index is 0.0847. The molecular weight excluding hydrogens is 276 g/mol. The molecule has 2 aromatic rings. The predicted octanol–water partition coefficient (Wildman–Crippen LogP) is 2.00. The number of nitrogens with two attached hydrogens (primary N) is 1. The lowest BCUT2D eigenvalue weighted by atomic mass is 10.1. The maximum atomic E-state index is 11.5. The molecule has 102 valence electrons. The number of esters is 1. The van der Waals surface area contributed by atoms with Crippen LogP contribution in [0.4, 0.5) is 0 Å². The lowest BCUT2D eigenvalue weighted by molar-refractivity contribution is -0.138. The number of thiazole rings is 1. The van der Waals surface area contributed by atoms with E-state index in [1.165, 1.54) is 17.4 Å². The van der Waals surface area contributed by atoms with Crippen molar-refractivity contribution >= 4 is 29.3 Å². The van der Waals surface area contributed by atoms with Gasteiger partial charge in [-0.05, 0) is 23.8 Å². The number of primary amides is 1. The van der Waals surface area contributed by atoms with Gasteiger partial charge in [-0.3, -0.25) is 4.79 Å². The molecule has 1 amide bonds. The van der Waals surface area contributed by atoms with E-state index in [0.717, 1.165) is 0 Å². The molecule has 6 heteroatoms. The van der Waals surface area contributed by atoms with Crippen molar-refractivity contribution in [2.45, 2.75) is 6.61 Å². The van der Waals surface area contributed by atoms with E-state index in [0.29, 0.717) is 16.8 Å². The van der Waals surface area contributed by atoms with Gasteiger partial charge in [-0.1, -0.05) is 12.1 Å². The molecule has 0 unspecified atom stereocenters. The molecule has 0 aliphatic rings. The fourth-order valence-corrected chi connectivity index (χ4v) is 2.00. The second-order valence-corrected chi connectivity index (χ2v) is 4.64. The number of ether oxygens (including phenoxy) is 1. The van der Waals surface area contributed by atoms with Gasteiger partial charge in [0.1, 0.15) is 6.61 Å². The molecule has 1 aromatic carbocycles. The number of amides is 1. The molecular formula is C14H12N2O3S. The lowest BCUT2D eigenvalue weighted by Crippen LogP contribution is -2.11. The summed E-state index contributed by atoms with van der Waals surface area (Å²) in [5.74, 6) is -0.982. The van der Waals surface area contributed by atoms with Crippen molar-refractivity contribution in [3.8, 4) is 0 Å². The maximum Gasteiger partial charge on any atom is 0.331 e. The van der Waals surface area contributed by atoms with Crippen LogP contribution in [-0.4, -0.2) is 16.9 Å². The van der Waals surface area contributed by atoms with Crippen LogP contribution >= 0.6 is 11.3 Å². The fraction of sp³-hybridized carbons (Fsp3) is 0.0714. The average molecular weight is 288 g/mol. The monoisotopic (exact) mass is 288 g/mol. The van der Waals surface area contributed by atoms with Crippen LogP contribution in [-0.2, 0) is 16.1 Å². The van der Waals surface area contributed by atoms with Crippen molar-refractivity contribution in [3.05, 3.63) is 58.1 Å². The van der Waals surface area contributed by atoms with Crippen LogP contribution in [0.1, 0.15) is 21.6 Å². The minimum atomic E-state index is -0.512. The molecule has 2 rings (SSSR count). The normalized spacial score (nSPS) is 10.6. The Labute approximate surface area is 119 Å². The van der Waals surface area contributed by atoms with E-state index >= 15 is 0 Å². The van der Waals surface area contributed by atoms with Crippen LogP contribution in [0, 0.1) is 0 Å². The van der Waals surface area contributed by atoms with E-state index in [9.17, 15) is 9.59 Å². The molecule has 0 aliphatic heterocycles. The summed E-state index contributed by atoms with van der Waals surface area (Å²) in [6.45, 7) is 0.0847. The van der Waals surface area contributed by atoms with Crippen molar-refractivity contribution in [3.63, 3.8) is 0 Å². The van der Waals surface area contributed by atoms with E-state index in [1.54, 1.807) is 35.9 Å². The van der Waals surface area contributed by atoms with Gasteiger partial charge in [0, 0.05) is 17.0 Å². The quantitative estimate of drug-likeness (QED) is 0.674. The summed E-state index contributed by atoms with van der Waals surface area (Å²) in [5.41, 5.74) is 8.66. The molecule has 0 fully saturated rings. The number of rotatable bonds is 5. The van der Waals surface area contributed by atoms with Crippen molar-refractivity contribution in [1.29, 1.82) is 0 Å². The highest BCUT2D eigenvalue weighted by atomic mass is 32.1. The SMILES string of the molecule is NC(=O)c1cccc(COC(=O)/C=C/c2cscn2)c1. The highest BCUT2D eigenvalue weighted by Crippen LogP contribution is 2.07. The summed E-state index contributed by atoms with van der Waals surface area (Å²) in [5, 5.41) is 1.82.